The van der Waals surface area contributed by atoms with Gasteiger partial charge in [-0.1, -0.05) is 30.3 Å². The van der Waals surface area contributed by atoms with Crippen molar-refractivity contribution in [1.29, 1.82) is 0 Å². The molecule has 1 saturated heterocycles. The van der Waals surface area contributed by atoms with Gasteiger partial charge in [0.2, 0.25) is 5.91 Å². The molecule has 2 aromatic rings. The summed E-state index contributed by atoms with van der Waals surface area (Å²) < 4.78 is 5.50. The summed E-state index contributed by atoms with van der Waals surface area (Å²) in [7, 11) is 0. The monoisotopic (exact) mass is 340 g/mol. The van der Waals surface area contributed by atoms with E-state index < -0.39 is 0 Å². The Labute approximate surface area is 148 Å². The fourth-order valence-electron chi connectivity index (χ4n) is 3.10. The molecule has 0 unspecified atom stereocenters. The van der Waals surface area contributed by atoms with Crippen LogP contribution in [0.15, 0.2) is 48.5 Å². The van der Waals surface area contributed by atoms with E-state index in [1.807, 2.05) is 11.0 Å². The number of carbonyl (C=O) groups excluding carboxylic acids is 1. The maximum absolute atomic E-state index is 12.3. The lowest BCUT2D eigenvalue weighted by atomic mass is 10.1. The highest BCUT2D eigenvalue weighted by Gasteiger charge is 2.21. The third kappa shape index (κ3) is 4.24. The molecule has 0 bridgehead atoms. The Balaban J connectivity index is 1.46. The predicted molar refractivity (Wildman–Crippen MR) is 98.2 cm³/mol. The molecular weight excluding hydrogens is 316 g/mol. The SMILES string of the molecule is Cc1ccccc1N1CCN(C(=O)CCOc2ccccc2O)CC1. The molecule has 5 nitrogen and oxygen atoms in total. The molecule has 1 N–H and O–H groups in total. The van der Waals surface area contributed by atoms with Crippen LogP contribution in [0.5, 0.6) is 11.5 Å². The molecular formula is C20H24N2O3. The van der Waals surface area contributed by atoms with Crippen LogP contribution in [-0.4, -0.2) is 48.7 Å². The molecule has 0 radical (unpaired) electrons. The van der Waals surface area contributed by atoms with E-state index in [9.17, 15) is 9.90 Å². The van der Waals surface area contributed by atoms with Gasteiger partial charge in [-0.25, -0.2) is 0 Å². The normalized spacial score (nSPS) is 14.4. The van der Waals surface area contributed by atoms with Gasteiger partial charge in [0.15, 0.2) is 11.5 Å². The van der Waals surface area contributed by atoms with Gasteiger partial charge >= 0.3 is 0 Å². The Bertz CT molecular complexity index is 724. The summed E-state index contributed by atoms with van der Waals surface area (Å²) in [6, 6.07) is 15.1. The zero-order chi connectivity index (χ0) is 17.6. The number of phenolic OH excluding ortho intramolecular Hbond substituents is 1. The Morgan fingerprint density at radius 1 is 1.04 bits per heavy atom. The fourth-order valence-corrected chi connectivity index (χ4v) is 3.10. The minimum Gasteiger partial charge on any atom is -0.504 e. The van der Waals surface area contributed by atoms with Crippen LogP contribution in [0.25, 0.3) is 0 Å². The highest BCUT2D eigenvalue weighted by atomic mass is 16.5. The van der Waals surface area contributed by atoms with E-state index in [1.165, 1.54) is 11.3 Å². The Morgan fingerprint density at radius 3 is 2.44 bits per heavy atom. The van der Waals surface area contributed by atoms with Crippen molar-refractivity contribution in [3.8, 4) is 11.5 Å². The van der Waals surface area contributed by atoms with Crippen LogP contribution in [0.4, 0.5) is 5.69 Å². The standard InChI is InChI=1S/C20H24N2O3/c1-16-6-2-3-7-17(16)21-11-13-22(14-12-21)20(24)10-15-25-19-9-5-4-8-18(19)23/h2-9,23H,10-15H2,1H3. The van der Waals surface area contributed by atoms with Crippen molar-refractivity contribution in [1.82, 2.24) is 4.90 Å². The summed E-state index contributed by atoms with van der Waals surface area (Å²) in [6.45, 7) is 5.53. The molecule has 0 aliphatic carbocycles. The summed E-state index contributed by atoms with van der Waals surface area (Å²) in [4.78, 5) is 16.6. The number of hydrogen-bond acceptors (Lipinski definition) is 4. The number of para-hydroxylation sites is 3. The molecule has 0 aromatic heterocycles. The maximum atomic E-state index is 12.3. The molecule has 0 spiro atoms. The van der Waals surface area contributed by atoms with Gasteiger partial charge in [0.25, 0.3) is 0 Å². The van der Waals surface area contributed by atoms with Gasteiger partial charge < -0.3 is 19.6 Å². The van der Waals surface area contributed by atoms with Crippen molar-refractivity contribution < 1.29 is 14.6 Å². The number of hydrogen-bond donors (Lipinski definition) is 1. The van der Waals surface area contributed by atoms with E-state index in [2.05, 4.69) is 30.0 Å². The van der Waals surface area contributed by atoms with Crippen LogP contribution in [0, 0.1) is 6.92 Å². The molecule has 1 amide bonds. The van der Waals surface area contributed by atoms with E-state index in [-0.39, 0.29) is 18.3 Å². The van der Waals surface area contributed by atoms with Gasteiger partial charge in [-0.2, -0.15) is 0 Å². The summed E-state index contributed by atoms with van der Waals surface area (Å²) in [6.07, 6.45) is 0.318. The van der Waals surface area contributed by atoms with E-state index in [1.54, 1.807) is 24.3 Å². The molecule has 1 fully saturated rings. The molecule has 3 rings (SSSR count). The van der Waals surface area contributed by atoms with Crippen LogP contribution in [0.3, 0.4) is 0 Å². The van der Waals surface area contributed by atoms with E-state index in [0.717, 1.165) is 26.2 Å². The molecule has 25 heavy (non-hydrogen) atoms. The van der Waals surface area contributed by atoms with Crippen molar-refractivity contribution >= 4 is 11.6 Å². The van der Waals surface area contributed by atoms with Crippen molar-refractivity contribution in [3.05, 3.63) is 54.1 Å². The summed E-state index contributed by atoms with van der Waals surface area (Å²) in [5, 5.41) is 9.66. The van der Waals surface area contributed by atoms with Crippen LogP contribution in [0.1, 0.15) is 12.0 Å². The number of rotatable bonds is 5. The summed E-state index contributed by atoms with van der Waals surface area (Å²) in [5.74, 6) is 0.612. The Kier molecular flexibility index (Phi) is 5.43. The number of benzene rings is 2. The number of ether oxygens (including phenoxy) is 1. The smallest absolute Gasteiger partial charge is 0.226 e. The van der Waals surface area contributed by atoms with Crippen molar-refractivity contribution in [2.75, 3.05) is 37.7 Å². The lowest BCUT2D eigenvalue weighted by Gasteiger charge is -2.36. The fraction of sp³-hybridized carbons (Fsp3) is 0.350. The molecule has 5 heteroatoms. The van der Waals surface area contributed by atoms with Crippen LogP contribution >= 0.6 is 0 Å². The van der Waals surface area contributed by atoms with Crippen LogP contribution in [0.2, 0.25) is 0 Å². The zero-order valence-corrected chi connectivity index (χ0v) is 14.5. The zero-order valence-electron chi connectivity index (χ0n) is 14.5. The number of aryl methyl sites for hydroxylation is 1. The quantitative estimate of drug-likeness (QED) is 0.909. The average Bonchev–Trinajstić information content (AvgIpc) is 2.64. The third-order valence-corrected chi connectivity index (χ3v) is 4.53. The number of nitrogens with zero attached hydrogens (tertiary/aromatic N) is 2. The second-order valence-electron chi connectivity index (χ2n) is 6.22. The van der Waals surface area contributed by atoms with Gasteiger partial charge in [-0.3, -0.25) is 4.79 Å². The number of amides is 1. The number of carbonyl (C=O) groups is 1. The lowest BCUT2D eigenvalue weighted by molar-refractivity contribution is -0.132. The van der Waals surface area contributed by atoms with E-state index >= 15 is 0 Å². The number of phenols is 1. The molecule has 1 aliphatic rings. The van der Waals surface area contributed by atoms with Gasteiger partial charge in [0.1, 0.15) is 0 Å². The molecule has 132 valence electrons. The molecule has 1 heterocycles. The number of aromatic hydroxyl groups is 1. The van der Waals surface area contributed by atoms with Gasteiger partial charge in [0.05, 0.1) is 13.0 Å². The van der Waals surface area contributed by atoms with Crippen molar-refractivity contribution in [2.45, 2.75) is 13.3 Å². The highest BCUT2D eigenvalue weighted by Crippen LogP contribution is 2.24. The number of anilines is 1. The van der Waals surface area contributed by atoms with Gasteiger partial charge in [0, 0.05) is 31.9 Å². The van der Waals surface area contributed by atoms with Crippen molar-refractivity contribution in [2.24, 2.45) is 0 Å². The first-order valence-corrected chi connectivity index (χ1v) is 8.64. The van der Waals surface area contributed by atoms with Crippen LogP contribution < -0.4 is 9.64 Å². The number of piperazine rings is 1. The second-order valence-corrected chi connectivity index (χ2v) is 6.22. The lowest BCUT2D eigenvalue weighted by Crippen LogP contribution is -2.49. The predicted octanol–water partition coefficient (Wildman–Crippen LogP) is 2.82. The highest BCUT2D eigenvalue weighted by molar-refractivity contribution is 5.76. The largest absolute Gasteiger partial charge is 0.504 e. The molecule has 0 saturated carbocycles. The van der Waals surface area contributed by atoms with Gasteiger partial charge in [-0.05, 0) is 30.7 Å². The van der Waals surface area contributed by atoms with Gasteiger partial charge in [-0.15, -0.1) is 0 Å². The third-order valence-electron chi connectivity index (χ3n) is 4.53. The summed E-state index contributed by atoms with van der Waals surface area (Å²) in [5.41, 5.74) is 2.51. The molecule has 0 atom stereocenters. The maximum Gasteiger partial charge on any atom is 0.226 e. The minimum absolute atomic E-state index is 0.0971. The summed E-state index contributed by atoms with van der Waals surface area (Å²) >= 11 is 0. The average molecular weight is 340 g/mol. The Hall–Kier alpha value is -2.69. The first-order chi connectivity index (χ1) is 12.1. The first kappa shape index (κ1) is 17.1. The Morgan fingerprint density at radius 2 is 1.72 bits per heavy atom. The molecule has 1 aliphatic heterocycles. The topological polar surface area (TPSA) is 53.0 Å². The van der Waals surface area contributed by atoms with Crippen molar-refractivity contribution in [3.63, 3.8) is 0 Å². The molecule has 2 aromatic carbocycles. The second kappa shape index (κ2) is 7.92. The van der Waals surface area contributed by atoms with E-state index in [0.29, 0.717) is 12.2 Å². The minimum atomic E-state index is 0.0971. The van der Waals surface area contributed by atoms with Crippen LogP contribution in [-0.2, 0) is 4.79 Å². The van der Waals surface area contributed by atoms with E-state index in [4.69, 9.17) is 4.74 Å². The first-order valence-electron chi connectivity index (χ1n) is 8.64.